The molecule has 0 aliphatic heterocycles. The zero-order valence-corrected chi connectivity index (χ0v) is 41.3. The number of phenolic OH excluding ortho intramolecular Hbond substituents is 1. The molecule has 0 aromatic heterocycles. The van der Waals surface area contributed by atoms with Crippen molar-refractivity contribution in [1.82, 2.24) is 0 Å². The Hall–Kier alpha value is -7.67. The summed E-state index contributed by atoms with van der Waals surface area (Å²) in [5.74, 6) is -0.590. The van der Waals surface area contributed by atoms with Crippen LogP contribution < -0.4 is 33.0 Å². The number of phenols is 1. The molecule has 0 amide bonds. The van der Waals surface area contributed by atoms with Gasteiger partial charge in [-0.1, -0.05) is 18.2 Å². The van der Waals surface area contributed by atoms with E-state index in [4.69, 9.17) is 36.8 Å². The number of benzene rings is 7. The van der Waals surface area contributed by atoms with E-state index in [1.54, 1.807) is 37.3 Å². The largest absolute Gasteiger partial charge is 0.505 e. The first-order valence-corrected chi connectivity index (χ1v) is 25.7. The van der Waals surface area contributed by atoms with Gasteiger partial charge in [0.1, 0.15) is 21.2 Å². The summed E-state index contributed by atoms with van der Waals surface area (Å²) in [6.45, 7) is 7.63. The molecule has 0 unspecified atom stereocenters. The number of nitrogen functional groups attached to an aromatic ring is 4. The summed E-state index contributed by atoms with van der Waals surface area (Å²) in [6, 6.07) is 34.1. The zero-order chi connectivity index (χ0) is 52.3. The molecule has 0 radical (unpaired) electrons. The van der Waals surface area contributed by atoms with E-state index in [-0.39, 0.29) is 35.9 Å². The van der Waals surface area contributed by atoms with Crippen LogP contribution in [-0.2, 0) is 30.4 Å². The first-order chi connectivity index (χ1) is 33.3. The van der Waals surface area contributed by atoms with Crippen LogP contribution in [0.2, 0.25) is 0 Å². The molecule has 0 fully saturated rings. The molecule has 71 heavy (non-hydrogen) atoms. The number of fused-ring (bicyclic) bond motifs is 1. The maximum Gasteiger partial charge on any atom is 0.296 e. The number of nitrogens with two attached hydrogens (primary N) is 4. The average molecular weight is 1030 g/mol. The molecule has 23 heteroatoms. The Morgan fingerprint density at radius 2 is 1.20 bits per heavy atom. The minimum atomic E-state index is -4.70. The number of nitrogens with zero attached hydrogens (tertiary/aromatic N) is 4. The number of aryl methyl sites for hydroxylation is 4. The Labute approximate surface area is 411 Å². The molecule has 7 aromatic rings. The first-order valence-electron chi connectivity index (χ1n) is 21.3. The highest BCUT2D eigenvalue weighted by molar-refractivity contribution is 7.86. The van der Waals surface area contributed by atoms with Crippen molar-refractivity contribution in [2.45, 2.75) is 50.3 Å². The molecular formula is C48H53N9O11S3. The number of anilines is 6. The van der Waals surface area contributed by atoms with E-state index < -0.39 is 45.9 Å². The van der Waals surface area contributed by atoms with Gasteiger partial charge in [-0.25, -0.2) is 0 Å². The summed E-state index contributed by atoms with van der Waals surface area (Å²) in [4.78, 5) is -0.995. The molecule has 374 valence electrons. The zero-order valence-electron chi connectivity index (χ0n) is 38.8. The van der Waals surface area contributed by atoms with Crippen LogP contribution in [0.15, 0.2) is 152 Å². The van der Waals surface area contributed by atoms with Crippen molar-refractivity contribution in [2.24, 2.45) is 20.5 Å². The summed E-state index contributed by atoms with van der Waals surface area (Å²) < 4.78 is 99.7. The van der Waals surface area contributed by atoms with Crippen LogP contribution in [0.5, 0.6) is 11.5 Å². The molecule has 7 rings (SSSR count). The quantitative estimate of drug-likeness (QED) is 0.0211. The van der Waals surface area contributed by atoms with Crippen molar-refractivity contribution in [3.05, 3.63) is 144 Å². The van der Waals surface area contributed by atoms with Gasteiger partial charge in [0.05, 0.1) is 35.1 Å². The van der Waals surface area contributed by atoms with Crippen LogP contribution in [0.3, 0.4) is 0 Å². The highest BCUT2D eigenvalue weighted by atomic mass is 32.2. The summed E-state index contributed by atoms with van der Waals surface area (Å²) in [6.07, 6.45) is 0.560. The molecule has 0 saturated heterocycles. The lowest BCUT2D eigenvalue weighted by atomic mass is 10.1. The Morgan fingerprint density at radius 3 is 1.85 bits per heavy atom. The molecule has 0 heterocycles. The molecule has 0 aliphatic rings. The topological polar surface area (TPSA) is 358 Å². The van der Waals surface area contributed by atoms with Crippen LogP contribution in [0, 0.1) is 27.7 Å². The fraction of sp³-hybridized carbons (Fsp3) is 0.167. The van der Waals surface area contributed by atoms with Crippen molar-refractivity contribution in [3.8, 4) is 11.5 Å². The average Bonchev–Trinajstić information content (AvgIpc) is 3.28. The van der Waals surface area contributed by atoms with Gasteiger partial charge in [-0.2, -0.15) is 40.6 Å². The number of azo groups is 2. The molecule has 0 bridgehead atoms. The smallest absolute Gasteiger partial charge is 0.296 e. The minimum Gasteiger partial charge on any atom is -0.505 e. The number of unbranched alkanes of at least 4 members (excludes halogenated alkanes) is 1. The molecule has 20 nitrogen and oxygen atoms in total. The van der Waals surface area contributed by atoms with Crippen molar-refractivity contribution >= 4 is 98.0 Å². The third-order valence-electron chi connectivity index (χ3n) is 10.3. The molecule has 0 spiro atoms. The van der Waals surface area contributed by atoms with Gasteiger partial charge < -0.3 is 38.1 Å². The van der Waals surface area contributed by atoms with Gasteiger partial charge in [-0.15, -0.1) is 5.11 Å². The Morgan fingerprint density at radius 1 is 0.549 bits per heavy atom. The van der Waals surface area contributed by atoms with Crippen LogP contribution in [0.1, 0.15) is 35.1 Å². The van der Waals surface area contributed by atoms with E-state index in [1.165, 1.54) is 18.2 Å². The lowest BCUT2D eigenvalue weighted by molar-refractivity contribution is 0.308. The summed E-state index contributed by atoms with van der Waals surface area (Å²) in [5, 5.41) is 31.3. The SMILES string of the molecule is Cc1cc(N=Nc2c(S(=O)(=O)O)cc3cc(Nc4ccccc4)ccc3c2O)c(C)cc1N.Cc1cc(N=Nc2ccc(N)cc2C)ccc1N.Nc1ccc(OCCCCS(=O)(=O)O)cc1S(=O)(=O)O. The molecule has 13 N–H and O–H groups in total. The van der Waals surface area contributed by atoms with Crippen molar-refractivity contribution < 1.29 is 48.8 Å². The van der Waals surface area contributed by atoms with Crippen molar-refractivity contribution in [1.29, 1.82) is 0 Å². The van der Waals surface area contributed by atoms with Crippen LogP contribution in [0.25, 0.3) is 10.8 Å². The molecule has 0 atom stereocenters. The number of ether oxygens (including phenoxy) is 1. The lowest BCUT2D eigenvalue weighted by Crippen LogP contribution is -2.07. The second-order valence-electron chi connectivity index (χ2n) is 16.0. The fourth-order valence-corrected chi connectivity index (χ4v) is 8.33. The number of hydrogen-bond acceptors (Lipinski definition) is 17. The molecule has 7 aromatic carbocycles. The summed E-state index contributed by atoms with van der Waals surface area (Å²) in [5.41, 5.74) is 31.5. The van der Waals surface area contributed by atoms with Gasteiger partial charge in [0.2, 0.25) is 0 Å². The number of hydrogen-bond donors (Lipinski definition) is 9. The van der Waals surface area contributed by atoms with Gasteiger partial charge in [-0.05, 0) is 165 Å². The predicted molar refractivity (Wildman–Crippen MR) is 277 cm³/mol. The maximum atomic E-state index is 12.1. The highest BCUT2D eigenvalue weighted by Crippen LogP contribution is 2.42. The maximum absolute atomic E-state index is 12.1. The number of nitrogens with one attached hydrogen (secondary N) is 1. The van der Waals surface area contributed by atoms with Gasteiger partial charge in [0.25, 0.3) is 30.4 Å². The van der Waals surface area contributed by atoms with Crippen LogP contribution in [0.4, 0.5) is 56.9 Å². The summed E-state index contributed by atoms with van der Waals surface area (Å²) in [7, 11) is -13.1. The van der Waals surface area contributed by atoms with E-state index >= 15 is 0 Å². The van der Waals surface area contributed by atoms with Gasteiger partial charge in [-0.3, -0.25) is 13.7 Å². The predicted octanol–water partition coefficient (Wildman–Crippen LogP) is 10.6. The normalized spacial score (nSPS) is 11.8. The first kappa shape index (κ1) is 54.3. The Balaban J connectivity index is 0.000000212. The highest BCUT2D eigenvalue weighted by Gasteiger charge is 2.22. The van der Waals surface area contributed by atoms with Crippen molar-refractivity contribution in [3.63, 3.8) is 0 Å². The van der Waals surface area contributed by atoms with Gasteiger partial charge in [0.15, 0.2) is 5.75 Å². The fourth-order valence-electron chi connectivity index (χ4n) is 6.47. The van der Waals surface area contributed by atoms with Crippen LogP contribution in [-0.4, -0.2) is 56.4 Å². The Bertz CT molecular complexity index is 3470. The number of aromatic hydroxyl groups is 1. The van der Waals surface area contributed by atoms with E-state index in [1.807, 2.05) is 87.5 Å². The van der Waals surface area contributed by atoms with Gasteiger partial charge in [0, 0.05) is 39.9 Å². The third-order valence-corrected chi connectivity index (χ3v) is 12.9. The van der Waals surface area contributed by atoms with E-state index in [0.29, 0.717) is 34.3 Å². The second kappa shape index (κ2) is 23.3. The number of rotatable bonds is 14. The second-order valence-corrected chi connectivity index (χ2v) is 20.3. The molecular weight excluding hydrogens is 975 g/mol. The van der Waals surface area contributed by atoms with E-state index in [2.05, 4.69) is 25.8 Å². The molecule has 0 saturated carbocycles. The molecule has 0 aliphatic carbocycles. The Kier molecular flexibility index (Phi) is 17.8. The number of para-hydroxylation sites is 1. The standard InChI is InChI=1S/C24H22N4O4S.C14H16N4.C10H15NO7S2/c1-14-11-21(15(2)10-20(14)25)27-28-23-22(33(30,31)32)13-16-12-18(8-9-19(16)24(23)29)26-17-6-4-3-5-7-17;1-9-8-12(4-5-13(9)16)17-18-14-6-3-11(15)7-10(14)2;11-9-4-3-8(7-10(9)20(15,16)17)18-5-1-2-6-19(12,13)14/h3-13,26,29H,25H2,1-2H3,(H,30,31,32);3-8H,15-16H2,1-2H3;3-4,7H,1-2,5-6,11H2,(H,12,13,14)(H,15,16,17). The summed E-state index contributed by atoms with van der Waals surface area (Å²) >= 11 is 0. The van der Waals surface area contributed by atoms with Crippen molar-refractivity contribution in [2.75, 3.05) is 40.6 Å². The third kappa shape index (κ3) is 15.9. The van der Waals surface area contributed by atoms with E-state index in [0.717, 1.165) is 56.8 Å². The van der Waals surface area contributed by atoms with E-state index in [9.17, 15) is 34.9 Å². The van der Waals surface area contributed by atoms with Crippen LogP contribution >= 0.6 is 0 Å². The van der Waals surface area contributed by atoms with Gasteiger partial charge >= 0.3 is 0 Å². The minimum absolute atomic E-state index is 0.105. The monoisotopic (exact) mass is 1030 g/mol. The lowest BCUT2D eigenvalue weighted by Gasteiger charge is -2.12.